The Morgan fingerprint density at radius 2 is 1.60 bits per heavy atom. The zero-order chi connectivity index (χ0) is 17.6. The van der Waals surface area contributed by atoms with Crippen LogP contribution in [0.1, 0.15) is 10.4 Å². The molecule has 2 aromatic carbocycles. The van der Waals surface area contributed by atoms with Crippen LogP contribution >= 0.6 is 0 Å². The van der Waals surface area contributed by atoms with Gasteiger partial charge >= 0.3 is 6.03 Å². The van der Waals surface area contributed by atoms with Gasteiger partial charge < -0.3 is 19.9 Å². The highest BCUT2D eigenvalue weighted by Crippen LogP contribution is 2.17. The van der Waals surface area contributed by atoms with Gasteiger partial charge in [-0.2, -0.15) is 0 Å². The van der Waals surface area contributed by atoms with Crippen molar-refractivity contribution in [3.05, 3.63) is 60.2 Å². The predicted octanol–water partition coefficient (Wildman–Crippen LogP) is 2.69. The minimum Gasteiger partial charge on any atom is -0.497 e. The number of hydrogen-bond donors (Lipinski definition) is 1. The Kier molecular flexibility index (Phi) is 5.18. The fraction of sp³-hybridized carbons (Fsp3) is 0.263. The normalized spacial score (nSPS) is 14.1. The first-order valence-electron chi connectivity index (χ1n) is 8.21. The van der Waals surface area contributed by atoms with Gasteiger partial charge in [0.2, 0.25) is 0 Å². The van der Waals surface area contributed by atoms with E-state index in [2.05, 4.69) is 5.32 Å². The molecule has 1 fully saturated rings. The SMILES string of the molecule is COc1cccc(NC(=O)N2CCN(C(=O)c3ccccc3)CC2)c1. The quantitative estimate of drug-likeness (QED) is 0.935. The molecular formula is C19H21N3O3. The van der Waals surface area contributed by atoms with Crippen molar-refractivity contribution in [2.24, 2.45) is 0 Å². The Morgan fingerprint density at radius 3 is 2.28 bits per heavy atom. The lowest BCUT2D eigenvalue weighted by Gasteiger charge is -2.34. The van der Waals surface area contributed by atoms with E-state index in [0.717, 1.165) is 0 Å². The number of nitrogens with one attached hydrogen (secondary N) is 1. The van der Waals surface area contributed by atoms with Gasteiger partial charge in [-0.1, -0.05) is 24.3 Å². The molecule has 1 heterocycles. The summed E-state index contributed by atoms with van der Waals surface area (Å²) >= 11 is 0. The van der Waals surface area contributed by atoms with E-state index in [1.54, 1.807) is 23.0 Å². The van der Waals surface area contributed by atoms with E-state index in [-0.39, 0.29) is 11.9 Å². The van der Waals surface area contributed by atoms with Crippen LogP contribution in [-0.2, 0) is 0 Å². The zero-order valence-corrected chi connectivity index (χ0v) is 14.1. The zero-order valence-electron chi connectivity index (χ0n) is 14.1. The number of nitrogens with zero attached hydrogens (tertiary/aromatic N) is 2. The van der Waals surface area contributed by atoms with E-state index in [9.17, 15) is 9.59 Å². The maximum Gasteiger partial charge on any atom is 0.321 e. The maximum absolute atomic E-state index is 12.4. The smallest absolute Gasteiger partial charge is 0.321 e. The van der Waals surface area contributed by atoms with Crippen molar-refractivity contribution in [2.45, 2.75) is 0 Å². The molecule has 0 atom stereocenters. The number of rotatable bonds is 3. The standard InChI is InChI=1S/C19H21N3O3/c1-25-17-9-5-8-16(14-17)20-19(24)22-12-10-21(11-13-22)18(23)15-6-3-2-4-7-15/h2-9,14H,10-13H2,1H3,(H,20,24). The molecule has 6 heteroatoms. The van der Waals surface area contributed by atoms with Gasteiger partial charge in [0.25, 0.3) is 5.91 Å². The monoisotopic (exact) mass is 339 g/mol. The first-order valence-corrected chi connectivity index (χ1v) is 8.21. The first kappa shape index (κ1) is 16.8. The van der Waals surface area contributed by atoms with Gasteiger partial charge in [0, 0.05) is 43.5 Å². The molecule has 2 aromatic rings. The molecule has 0 unspecified atom stereocenters. The molecule has 0 bridgehead atoms. The van der Waals surface area contributed by atoms with E-state index in [1.165, 1.54) is 0 Å². The lowest BCUT2D eigenvalue weighted by Crippen LogP contribution is -2.51. The fourth-order valence-electron chi connectivity index (χ4n) is 2.78. The lowest BCUT2D eigenvalue weighted by molar-refractivity contribution is 0.0671. The first-order chi connectivity index (χ1) is 12.2. The number of anilines is 1. The van der Waals surface area contributed by atoms with Crippen molar-refractivity contribution in [2.75, 3.05) is 38.6 Å². The molecule has 0 spiro atoms. The Hall–Kier alpha value is -3.02. The number of carbonyl (C=O) groups excluding carboxylic acids is 2. The summed E-state index contributed by atoms with van der Waals surface area (Å²) in [7, 11) is 1.59. The summed E-state index contributed by atoms with van der Waals surface area (Å²) in [6, 6.07) is 16.3. The second-order valence-corrected chi connectivity index (χ2v) is 5.81. The van der Waals surface area contributed by atoms with E-state index in [4.69, 9.17) is 4.74 Å². The van der Waals surface area contributed by atoms with Crippen LogP contribution in [0.3, 0.4) is 0 Å². The van der Waals surface area contributed by atoms with Crippen molar-refractivity contribution < 1.29 is 14.3 Å². The van der Waals surface area contributed by atoms with Crippen LogP contribution in [0, 0.1) is 0 Å². The molecular weight excluding hydrogens is 318 g/mol. The highest BCUT2D eigenvalue weighted by molar-refractivity contribution is 5.94. The third-order valence-electron chi connectivity index (χ3n) is 4.20. The topological polar surface area (TPSA) is 61.9 Å². The number of benzene rings is 2. The molecule has 0 aromatic heterocycles. The number of methoxy groups -OCH3 is 1. The van der Waals surface area contributed by atoms with Gasteiger partial charge in [-0.25, -0.2) is 4.79 Å². The number of urea groups is 1. The van der Waals surface area contributed by atoms with Crippen LogP contribution in [-0.4, -0.2) is 55.0 Å². The summed E-state index contributed by atoms with van der Waals surface area (Å²) in [4.78, 5) is 28.3. The third-order valence-corrected chi connectivity index (χ3v) is 4.20. The maximum atomic E-state index is 12.4. The van der Waals surface area contributed by atoms with Gasteiger partial charge in [0.05, 0.1) is 7.11 Å². The summed E-state index contributed by atoms with van der Waals surface area (Å²) in [5.41, 5.74) is 1.36. The van der Waals surface area contributed by atoms with Crippen LogP contribution in [0.15, 0.2) is 54.6 Å². The minimum absolute atomic E-state index is 0.00783. The average molecular weight is 339 g/mol. The summed E-state index contributed by atoms with van der Waals surface area (Å²) < 4.78 is 5.16. The van der Waals surface area contributed by atoms with Crippen LogP contribution in [0.25, 0.3) is 0 Å². The van der Waals surface area contributed by atoms with E-state index >= 15 is 0 Å². The number of carbonyl (C=O) groups is 2. The van der Waals surface area contributed by atoms with E-state index in [1.807, 2.05) is 48.5 Å². The number of hydrogen-bond acceptors (Lipinski definition) is 3. The summed E-state index contributed by atoms with van der Waals surface area (Å²) in [6.45, 7) is 2.07. The minimum atomic E-state index is -0.167. The lowest BCUT2D eigenvalue weighted by atomic mass is 10.2. The molecule has 3 rings (SSSR count). The fourth-order valence-corrected chi connectivity index (χ4v) is 2.78. The molecule has 3 amide bonds. The number of ether oxygens (including phenoxy) is 1. The Bertz CT molecular complexity index is 741. The molecule has 0 saturated carbocycles. The molecule has 0 radical (unpaired) electrons. The van der Waals surface area contributed by atoms with Crippen molar-refractivity contribution in [1.29, 1.82) is 0 Å². The molecule has 0 aliphatic carbocycles. The van der Waals surface area contributed by atoms with Gasteiger partial charge in [-0.3, -0.25) is 4.79 Å². The molecule has 6 nitrogen and oxygen atoms in total. The Balaban J connectivity index is 1.55. The molecule has 130 valence electrons. The van der Waals surface area contributed by atoms with Crippen molar-refractivity contribution >= 4 is 17.6 Å². The number of amides is 3. The second-order valence-electron chi connectivity index (χ2n) is 5.81. The van der Waals surface area contributed by atoms with E-state index in [0.29, 0.717) is 43.2 Å². The predicted molar refractivity (Wildman–Crippen MR) is 95.9 cm³/mol. The van der Waals surface area contributed by atoms with Crippen LogP contribution in [0.4, 0.5) is 10.5 Å². The van der Waals surface area contributed by atoms with Crippen LogP contribution in [0.2, 0.25) is 0 Å². The number of piperazine rings is 1. The van der Waals surface area contributed by atoms with Gasteiger partial charge in [-0.15, -0.1) is 0 Å². The van der Waals surface area contributed by atoms with Crippen molar-refractivity contribution in [3.63, 3.8) is 0 Å². The van der Waals surface area contributed by atoms with Crippen molar-refractivity contribution in [1.82, 2.24) is 9.80 Å². The average Bonchev–Trinajstić information content (AvgIpc) is 2.68. The largest absolute Gasteiger partial charge is 0.497 e. The Labute approximate surface area is 147 Å². The van der Waals surface area contributed by atoms with Crippen molar-refractivity contribution in [3.8, 4) is 5.75 Å². The van der Waals surface area contributed by atoms with Gasteiger partial charge in [0.1, 0.15) is 5.75 Å². The van der Waals surface area contributed by atoms with Crippen LogP contribution in [0.5, 0.6) is 5.75 Å². The molecule has 1 aliphatic rings. The highest BCUT2D eigenvalue weighted by atomic mass is 16.5. The highest BCUT2D eigenvalue weighted by Gasteiger charge is 2.24. The van der Waals surface area contributed by atoms with Crippen LogP contribution < -0.4 is 10.1 Å². The molecule has 1 N–H and O–H groups in total. The Morgan fingerprint density at radius 1 is 0.920 bits per heavy atom. The van der Waals surface area contributed by atoms with Gasteiger partial charge in [0.15, 0.2) is 0 Å². The molecule has 1 saturated heterocycles. The summed E-state index contributed by atoms with van der Waals surface area (Å²) in [6.07, 6.45) is 0. The summed E-state index contributed by atoms with van der Waals surface area (Å²) in [5, 5.41) is 2.87. The van der Waals surface area contributed by atoms with Gasteiger partial charge in [-0.05, 0) is 24.3 Å². The third kappa shape index (κ3) is 4.09. The molecule has 25 heavy (non-hydrogen) atoms. The molecule has 1 aliphatic heterocycles. The van der Waals surface area contributed by atoms with E-state index < -0.39 is 0 Å². The second kappa shape index (κ2) is 7.70. The summed E-state index contributed by atoms with van der Waals surface area (Å²) in [5.74, 6) is 0.699.